The van der Waals surface area contributed by atoms with Gasteiger partial charge in [-0.3, -0.25) is 4.79 Å². The Hall–Kier alpha value is -3.02. The molecule has 2 rings (SSSR count). The van der Waals surface area contributed by atoms with Crippen LogP contribution in [0.3, 0.4) is 0 Å². The molecule has 156 valence electrons. The third kappa shape index (κ3) is 7.49. The number of hydrogen-bond donors (Lipinski definition) is 3. The van der Waals surface area contributed by atoms with Crippen molar-refractivity contribution in [3.05, 3.63) is 65.2 Å². The van der Waals surface area contributed by atoms with E-state index in [9.17, 15) is 4.79 Å². The van der Waals surface area contributed by atoms with E-state index in [-0.39, 0.29) is 11.9 Å². The van der Waals surface area contributed by atoms with Crippen molar-refractivity contribution in [1.29, 1.82) is 0 Å². The summed E-state index contributed by atoms with van der Waals surface area (Å²) in [7, 11) is 1.66. The maximum Gasteiger partial charge on any atom is 0.251 e. The van der Waals surface area contributed by atoms with Gasteiger partial charge in [0.2, 0.25) is 0 Å². The smallest absolute Gasteiger partial charge is 0.251 e. The summed E-state index contributed by atoms with van der Waals surface area (Å²) in [4.78, 5) is 17.0. The lowest BCUT2D eigenvalue weighted by Gasteiger charge is -2.13. The summed E-state index contributed by atoms with van der Waals surface area (Å²) >= 11 is 0. The second kappa shape index (κ2) is 11.7. The summed E-state index contributed by atoms with van der Waals surface area (Å²) < 4.78 is 5.27. The molecule has 0 fully saturated rings. The van der Waals surface area contributed by atoms with Crippen molar-refractivity contribution in [2.45, 2.75) is 46.3 Å². The largest absolute Gasteiger partial charge is 0.497 e. The van der Waals surface area contributed by atoms with Gasteiger partial charge >= 0.3 is 0 Å². The fourth-order valence-electron chi connectivity index (χ4n) is 2.70. The molecular formula is C23H32N4O2. The molecule has 6 heteroatoms. The summed E-state index contributed by atoms with van der Waals surface area (Å²) in [5, 5.41) is 9.58. The quantitative estimate of drug-likeness (QED) is 0.448. The summed E-state index contributed by atoms with van der Waals surface area (Å²) in [6.07, 6.45) is 0.904. The molecule has 0 aliphatic heterocycles. The molecule has 0 bridgehead atoms. The van der Waals surface area contributed by atoms with Crippen LogP contribution in [0.2, 0.25) is 0 Å². The fourth-order valence-corrected chi connectivity index (χ4v) is 2.70. The normalized spacial score (nSPS) is 12.2. The van der Waals surface area contributed by atoms with Gasteiger partial charge in [-0.15, -0.1) is 0 Å². The van der Waals surface area contributed by atoms with Crippen LogP contribution in [0, 0.1) is 0 Å². The van der Waals surface area contributed by atoms with Gasteiger partial charge in [0.1, 0.15) is 5.75 Å². The van der Waals surface area contributed by atoms with Crippen LogP contribution in [0.4, 0.5) is 0 Å². The van der Waals surface area contributed by atoms with Crippen LogP contribution in [0.15, 0.2) is 53.5 Å². The minimum atomic E-state index is -0.0479. The van der Waals surface area contributed by atoms with Crippen molar-refractivity contribution in [2.24, 2.45) is 4.99 Å². The molecule has 0 heterocycles. The zero-order valence-corrected chi connectivity index (χ0v) is 17.8. The number of nitrogens with zero attached hydrogens (tertiary/aromatic N) is 1. The third-order valence-corrected chi connectivity index (χ3v) is 4.54. The number of benzene rings is 2. The molecule has 6 nitrogen and oxygen atoms in total. The molecule has 0 saturated heterocycles. The van der Waals surface area contributed by atoms with Gasteiger partial charge in [-0.05, 0) is 55.7 Å². The number of rotatable bonds is 9. The van der Waals surface area contributed by atoms with Gasteiger partial charge in [-0.25, -0.2) is 4.99 Å². The topological polar surface area (TPSA) is 74.8 Å². The first kappa shape index (κ1) is 22.3. The molecule has 29 heavy (non-hydrogen) atoms. The molecule has 2 aromatic rings. The lowest BCUT2D eigenvalue weighted by Crippen LogP contribution is -2.36. The molecule has 2 aromatic carbocycles. The van der Waals surface area contributed by atoms with Gasteiger partial charge in [0, 0.05) is 24.7 Å². The molecule has 1 amide bonds. The van der Waals surface area contributed by atoms with Crippen molar-refractivity contribution in [2.75, 3.05) is 13.7 Å². The maximum absolute atomic E-state index is 12.3. The first-order valence-electron chi connectivity index (χ1n) is 10.1. The zero-order chi connectivity index (χ0) is 21.1. The first-order valence-corrected chi connectivity index (χ1v) is 10.1. The highest BCUT2D eigenvalue weighted by Gasteiger charge is 2.09. The number of carbonyl (C=O) groups is 1. The molecule has 0 radical (unpaired) electrons. The van der Waals surface area contributed by atoms with Crippen LogP contribution in [0.5, 0.6) is 5.75 Å². The monoisotopic (exact) mass is 396 g/mol. The van der Waals surface area contributed by atoms with E-state index in [1.54, 1.807) is 7.11 Å². The van der Waals surface area contributed by atoms with Crippen LogP contribution >= 0.6 is 0 Å². The SMILES string of the molecule is CCNC(=NCc1cccc(C(=O)NC(C)CC)c1)NCc1cccc(OC)c1. The van der Waals surface area contributed by atoms with Gasteiger partial charge in [-0.2, -0.15) is 0 Å². The highest BCUT2D eigenvalue weighted by atomic mass is 16.5. The van der Waals surface area contributed by atoms with Crippen molar-refractivity contribution in [1.82, 2.24) is 16.0 Å². The second-order valence-electron chi connectivity index (χ2n) is 6.88. The van der Waals surface area contributed by atoms with E-state index >= 15 is 0 Å². The van der Waals surface area contributed by atoms with E-state index < -0.39 is 0 Å². The van der Waals surface area contributed by atoms with E-state index in [0.29, 0.717) is 18.7 Å². The van der Waals surface area contributed by atoms with E-state index in [4.69, 9.17) is 4.74 Å². The Kier molecular flexibility index (Phi) is 9.02. The van der Waals surface area contributed by atoms with Crippen LogP contribution in [-0.4, -0.2) is 31.6 Å². The summed E-state index contributed by atoms with van der Waals surface area (Å²) in [6, 6.07) is 15.7. The number of ether oxygens (including phenoxy) is 1. The van der Waals surface area contributed by atoms with E-state index in [1.807, 2.05) is 62.4 Å². The Labute approximate surface area is 173 Å². The number of carbonyl (C=O) groups excluding carboxylic acids is 1. The Balaban J connectivity index is 2.02. The summed E-state index contributed by atoms with van der Waals surface area (Å²) in [5.74, 6) is 1.51. The Bertz CT molecular complexity index is 820. The summed E-state index contributed by atoms with van der Waals surface area (Å²) in [6.45, 7) is 7.97. The number of nitrogens with one attached hydrogen (secondary N) is 3. The van der Waals surface area contributed by atoms with Gasteiger partial charge in [0.05, 0.1) is 13.7 Å². The highest BCUT2D eigenvalue weighted by Crippen LogP contribution is 2.12. The van der Waals surface area contributed by atoms with Crippen LogP contribution < -0.4 is 20.7 Å². The van der Waals surface area contributed by atoms with Crippen LogP contribution in [-0.2, 0) is 13.1 Å². The minimum absolute atomic E-state index is 0.0479. The van der Waals surface area contributed by atoms with Gasteiger partial charge in [-0.1, -0.05) is 31.2 Å². The Morgan fingerprint density at radius 3 is 2.55 bits per heavy atom. The minimum Gasteiger partial charge on any atom is -0.497 e. The molecule has 1 atom stereocenters. The molecule has 0 saturated carbocycles. The molecule has 0 aliphatic carbocycles. The molecule has 0 aromatic heterocycles. The van der Waals surface area contributed by atoms with Crippen molar-refractivity contribution >= 4 is 11.9 Å². The standard InChI is InChI=1S/C23H32N4O2/c1-5-17(3)27-22(28)20-11-7-9-18(13-20)15-25-23(24-6-2)26-16-19-10-8-12-21(14-19)29-4/h7-14,17H,5-6,15-16H2,1-4H3,(H,27,28)(H2,24,25,26). The van der Waals surface area contributed by atoms with Crippen molar-refractivity contribution in [3.8, 4) is 5.75 Å². The molecule has 1 unspecified atom stereocenters. The third-order valence-electron chi connectivity index (χ3n) is 4.54. The zero-order valence-electron chi connectivity index (χ0n) is 17.8. The molecule has 0 aliphatic rings. The summed E-state index contributed by atoms with van der Waals surface area (Å²) in [5.41, 5.74) is 2.76. The van der Waals surface area contributed by atoms with Gasteiger partial charge < -0.3 is 20.7 Å². The molecular weight excluding hydrogens is 364 g/mol. The van der Waals surface area contributed by atoms with Crippen molar-refractivity contribution in [3.63, 3.8) is 0 Å². The van der Waals surface area contributed by atoms with Crippen LogP contribution in [0.1, 0.15) is 48.7 Å². The first-order chi connectivity index (χ1) is 14.0. The Morgan fingerprint density at radius 1 is 1.07 bits per heavy atom. The molecule has 0 spiro atoms. The lowest BCUT2D eigenvalue weighted by molar-refractivity contribution is 0.0939. The molecule has 3 N–H and O–H groups in total. The van der Waals surface area contributed by atoms with Gasteiger partial charge in [0.15, 0.2) is 5.96 Å². The Morgan fingerprint density at radius 2 is 1.83 bits per heavy atom. The maximum atomic E-state index is 12.3. The van der Waals surface area contributed by atoms with E-state index in [2.05, 4.69) is 27.9 Å². The number of amides is 1. The highest BCUT2D eigenvalue weighted by molar-refractivity contribution is 5.94. The average Bonchev–Trinajstić information content (AvgIpc) is 2.75. The van der Waals surface area contributed by atoms with Gasteiger partial charge in [0.25, 0.3) is 5.91 Å². The van der Waals surface area contributed by atoms with Crippen molar-refractivity contribution < 1.29 is 9.53 Å². The number of methoxy groups -OCH3 is 1. The number of aliphatic imine (C=N–C) groups is 1. The average molecular weight is 397 g/mol. The van der Waals surface area contributed by atoms with E-state index in [1.165, 1.54) is 0 Å². The fraction of sp³-hybridized carbons (Fsp3) is 0.391. The van der Waals surface area contributed by atoms with Crippen LogP contribution in [0.25, 0.3) is 0 Å². The van der Waals surface area contributed by atoms with E-state index in [0.717, 1.165) is 35.8 Å². The second-order valence-corrected chi connectivity index (χ2v) is 6.88. The number of guanidine groups is 1. The predicted octanol–water partition coefficient (Wildman–Crippen LogP) is 3.48. The lowest BCUT2D eigenvalue weighted by atomic mass is 10.1. The predicted molar refractivity (Wildman–Crippen MR) is 118 cm³/mol. The number of hydrogen-bond acceptors (Lipinski definition) is 3.